The van der Waals surface area contributed by atoms with Crippen molar-refractivity contribution in [3.63, 3.8) is 0 Å². The highest BCUT2D eigenvalue weighted by Gasteiger charge is 2.16. The summed E-state index contributed by atoms with van der Waals surface area (Å²) in [5.41, 5.74) is 0.719. The second-order valence-corrected chi connectivity index (χ2v) is 5.74. The predicted molar refractivity (Wildman–Crippen MR) is 82.7 cm³/mol. The third kappa shape index (κ3) is 3.46. The molecule has 0 aliphatic carbocycles. The number of nitrogens with zero attached hydrogens (tertiary/aromatic N) is 1. The minimum atomic E-state index is 0.124. The molecule has 0 saturated carbocycles. The summed E-state index contributed by atoms with van der Waals surface area (Å²) in [7, 11) is 3.60. The van der Waals surface area contributed by atoms with Gasteiger partial charge in [0.25, 0.3) is 0 Å². The molecular formula is C16H19NO2S. The quantitative estimate of drug-likeness (QED) is 0.761. The number of Topliss-reactive ketones (excluding diaryl/α,β-unsaturated/α-hetero) is 1. The maximum Gasteiger partial charge on any atom is 0.176 e. The first kappa shape index (κ1) is 14.8. The molecule has 0 aliphatic heterocycles. The van der Waals surface area contributed by atoms with Crippen LogP contribution < -0.4 is 4.74 Å². The molecule has 3 nitrogen and oxygen atoms in total. The van der Waals surface area contributed by atoms with Gasteiger partial charge in [-0.05, 0) is 49.7 Å². The van der Waals surface area contributed by atoms with Gasteiger partial charge < -0.3 is 4.74 Å². The standard InChI is InChI=1S/C16H19NO2S/c1-12(16-5-4-10-20-16)17(2)11-15(18)13-6-8-14(19-3)9-7-13/h4-10,12H,11H2,1-3H3. The lowest BCUT2D eigenvalue weighted by Gasteiger charge is -2.23. The number of rotatable bonds is 6. The average Bonchev–Trinajstić information content (AvgIpc) is 3.00. The Labute approximate surface area is 123 Å². The number of hydrogen-bond donors (Lipinski definition) is 0. The molecular weight excluding hydrogens is 270 g/mol. The van der Waals surface area contributed by atoms with E-state index >= 15 is 0 Å². The van der Waals surface area contributed by atoms with Gasteiger partial charge in [-0.2, -0.15) is 0 Å². The first-order valence-electron chi connectivity index (χ1n) is 6.52. The van der Waals surface area contributed by atoms with Crippen molar-refractivity contribution in [2.45, 2.75) is 13.0 Å². The van der Waals surface area contributed by atoms with E-state index in [0.29, 0.717) is 6.54 Å². The molecule has 0 N–H and O–H groups in total. The van der Waals surface area contributed by atoms with Crippen LogP contribution in [0.15, 0.2) is 41.8 Å². The smallest absolute Gasteiger partial charge is 0.176 e. The molecule has 0 amide bonds. The zero-order valence-corrected chi connectivity index (χ0v) is 12.8. The van der Waals surface area contributed by atoms with Crippen LogP contribution in [0, 0.1) is 0 Å². The van der Waals surface area contributed by atoms with E-state index in [2.05, 4.69) is 23.3 Å². The molecule has 0 aliphatic rings. The second-order valence-electron chi connectivity index (χ2n) is 4.76. The monoisotopic (exact) mass is 289 g/mol. The van der Waals surface area contributed by atoms with Crippen molar-refractivity contribution >= 4 is 17.1 Å². The third-order valence-electron chi connectivity index (χ3n) is 3.42. The molecule has 1 aromatic heterocycles. The van der Waals surface area contributed by atoms with Gasteiger partial charge in [-0.25, -0.2) is 0 Å². The normalized spacial score (nSPS) is 12.4. The van der Waals surface area contributed by atoms with Gasteiger partial charge in [0.05, 0.1) is 13.7 Å². The van der Waals surface area contributed by atoms with E-state index in [0.717, 1.165) is 11.3 Å². The first-order valence-corrected chi connectivity index (χ1v) is 7.40. The van der Waals surface area contributed by atoms with Crippen LogP contribution >= 0.6 is 11.3 Å². The Balaban J connectivity index is 1.99. The molecule has 0 saturated heterocycles. The number of benzene rings is 1. The van der Waals surface area contributed by atoms with Crippen molar-refractivity contribution in [3.8, 4) is 5.75 Å². The van der Waals surface area contributed by atoms with E-state index in [1.54, 1.807) is 18.4 Å². The Hall–Kier alpha value is -1.65. The maximum absolute atomic E-state index is 12.2. The van der Waals surface area contributed by atoms with Crippen molar-refractivity contribution < 1.29 is 9.53 Å². The fraction of sp³-hybridized carbons (Fsp3) is 0.312. The number of carbonyl (C=O) groups excluding carboxylic acids is 1. The molecule has 1 unspecified atom stereocenters. The number of ketones is 1. The SMILES string of the molecule is COc1ccc(C(=O)CN(C)C(C)c2cccs2)cc1. The van der Waals surface area contributed by atoms with E-state index in [-0.39, 0.29) is 11.8 Å². The van der Waals surface area contributed by atoms with Crippen molar-refractivity contribution in [3.05, 3.63) is 52.2 Å². The highest BCUT2D eigenvalue weighted by atomic mass is 32.1. The van der Waals surface area contributed by atoms with E-state index in [9.17, 15) is 4.79 Å². The Morgan fingerprint density at radius 1 is 1.30 bits per heavy atom. The molecule has 1 atom stereocenters. The maximum atomic E-state index is 12.2. The molecule has 20 heavy (non-hydrogen) atoms. The van der Waals surface area contributed by atoms with Crippen molar-refractivity contribution in [1.29, 1.82) is 0 Å². The van der Waals surface area contributed by atoms with Crippen LogP contribution in [0.2, 0.25) is 0 Å². The lowest BCUT2D eigenvalue weighted by atomic mass is 10.1. The third-order valence-corrected chi connectivity index (χ3v) is 4.46. The number of likely N-dealkylation sites (N-methyl/N-ethyl adjacent to an activating group) is 1. The number of carbonyl (C=O) groups is 1. The van der Waals surface area contributed by atoms with Crippen LogP contribution in [-0.4, -0.2) is 31.4 Å². The predicted octanol–water partition coefficient (Wildman–Crippen LogP) is 3.63. The van der Waals surface area contributed by atoms with Crippen molar-refractivity contribution in [2.24, 2.45) is 0 Å². The van der Waals surface area contributed by atoms with Crippen LogP contribution in [0.4, 0.5) is 0 Å². The molecule has 0 spiro atoms. The van der Waals surface area contributed by atoms with Crippen LogP contribution in [0.25, 0.3) is 0 Å². The molecule has 0 radical (unpaired) electrons. The summed E-state index contributed by atoms with van der Waals surface area (Å²) in [6.07, 6.45) is 0. The molecule has 106 valence electrons. The number of thiophene rings is 1. The number of ether oxygens (including phenoxy) is 1. The van der Waals surface area contributed by atoms with E-state index < -0.39 is 0 Å². The summed E-state index contributed by atoms with van der Waals surface area (Å²) in [5, 5.41) is 2.06. The molecule has 0 fully saturated rings. The topological polar surface area (TPSA) is 29.5 Å². The Bertz CT molecular complexity index is 548. The van der Waals surface area contributed by atoms with Gasteiger partial charge in [0, 0.05) is 16.5 Å². The summed E-state index contributed by atoms with van der Waals surface area (Å²) < 4.78 is 5.10. The summed E-state index contributed by atoms with van der Waals surface area (Å²) in [4.78, 5) is 15.6. The Morgan fingerprint density at radius 3 is 2.55 bits per heavy atom. The van der Waals surface area contributed by atoms with Crippen LogP contribution in [0.5, 0.6) is 5.75 Å². The van der Waals surface area contributed by atoms with E-state index in [4.69, 9.17) is 4.74 Å². The van der Waals surface area contributed by atoms with Gasteiger partial charge in [-0.1, -0.05) is 6.07 Å². The molecule has 0 bridgehead atoms. The summed E-state index contributed by atoms with van der Waals surface area (Å²) in [6.45, 7) is 2.53. The summed E-state index contributed by atoms with van der Waals surface area (Å²) >= 11 is 1.72. The van der Waals surface area contributed by atoms with Gasteiger partial charge >= 0.3 is 0 Å². The minimum Gasteiger partial charge on any atom is -0.497 e. The Kier molecular flexibility index (Phi) is 4.93. The van der Waals surface area contributed by atoms with E-state index in [1.165, 1.54) is 4.88 Å². The molecule has 2 aromatic rings. The average molecular weight is 289 g/mol. The Morgan fingerprint density at radius 2 is 2.00 bits per heavy atom. The highest BCUT2D eigenvalue weighted by molar-refractivity contribution is 7.10. The zero-order chi connectivity index (χ0) is 14.5. The van der Waals surface area contributed by atoms with Crippen molar-refractivity contribution in [1.82, 2.24) is 4.90 Å². The van der Waals surface area contributed by atoms with Gasteiger partial charge in [0.2, 0.25) is 0 Å². The molecule has 4 heteroatoms. The van der Waals surface area contributed by atoms with Crippen LogP contribution in [-0.2, 0) is 0 Å². The number of hydrogen-bond acceptors (Lipinski definition) is 4. The van der Waals surface area contributed by atoms with Gasteiger partial charge in [-0.3, -0.25) is 9.69 Å². The fourth-order valence-electron chi connectivity index (χ4n) is 1.98. The van der Waals surface area contributed by atoms with Gasteiger partial charge in [0.1, 0.15) is 5.75 Å². The van der Waals surface area contributed by atoms with Crippen LogP contribution in [0.1, 0.15) is 28.2 Å². The summed E-state index contributed by atoms with van der Waals surface area (Å²) in [5.74, 6) is 0.889. The molecule has 2 rings (SSSR count). The fourth-order valence-corrected chi connectivity index (χ4v) is 2.83. The molecule has 1 heterocycles. The zero-order valence-electron chi connectivity index (χ0n) is 12.0. The highest BCUT2D eigenvalue weighted by Crippen LogP contribution is 2.23. The number of methoxy groups -OCH3 is 1. The van der Waals surface area contributed by atoms with E-state index in [1.807, 2.05) is 37.4 Å². The van der Waals surface area contributed by atoms with Gasteiger partial charge in [0.15, 0.2) is 5.78 Å². The second kappa shape index (κ2) is 6.68. The van der Waals surface area contributed by atoms with Crippen LogP contribution in [0.3, 0.4) is 0 Å². The first-order chi connectivity index (χ1) is 9.61. The van der Waals surface area contributed by atoms with Crippen molar-refractivity contribution in [2.75, 3.05) is 20.7 Å². The minimum absolute atomic E-state index is 0.124. The summed E-state index contributed by atoms with van der Waals surface area (Å²) in [6, 6.07) is 11.6. The lowest BCUT2D eigenvalue weighted by molar-refractivity contribution is 0.0926. The van der Waals surface area contributed by atoms with Gasteiger partial charge in [-0.15, -0.1) is 11.3 Å². The largest absolute Gasteiger partial charge is 0.497 e. The molecule has 1 aromatic carbocycles. The lowest BCUT2D eigenvalue weighted by Crippen LogP contribution is -2.28.